The minimum absolute atomic E-state index is 0. The third-order valence-electron chi connectivity index (χ3n) is 5.50. The Bertz CT molecular complexity index is 825. The van der Waals surface area contributed by atoms with Crippen molar-refractivity contribution in [1.29, 1.82) is 0 Å². The molecule has 2 aliphatic rings. The van der Waals surface area contributed by atoms with Crippen LogP contribution in [0.1, 0.15) is 11.1 Å². The minimum Gasteiger partial charge on any atom is -1.00 e. The van der Waals surface area contributed by atoms with Crippen LogP contribution in [0.3, 0.4) is 0 Å². The molecule has 148 valence electrons. The van der Waals surface area contributed by atoms with Crippen LogP contribution >= 0.6 is 0 Å². The van der Waals surface area contributed by atoms with Gasteiger partial charge in [-0.15, -0.1) is 0 Å². The fourth-order valence-corrected chi connectivity index (χ4v) is 4.15. The van der Waals surface area contributed by atoms with Crippen molar-refractivity contribution < 1.29 is 26.5 Å². The SMILES string of the molecule is C[N+](C)(CC(=O)N1CCc2ccccc21)CC(=O)N1CCc2ccccc21.[Cl-]. The van der Waals surface area contributed by atoms with Crippen LogP contribution in [0.4, 0.5) is 11.4 Å². The van der Waals surface area contributed by atoms with E-state index in [0.29, 0.717) is 17.6 Å². The molecule has 0 atom stereocenters. The number of hydrogen-bond donors (Lipinski definition) is 0. The second kappa shape index (κ2) is 7.94. The number of hydrogen-bond acceptors (Lipinski definition) is 2. The van der Waals surface area contributed by atoms with Crippen LogP contribution in [-0.2, 0) is 22.4 Å². The molecule has 0 fully saturated rings. The van der Waals surface area contributed by atoms with Crippen molar-refractivity contribution in [1.82, 2.24) is 0 Å². The summed E-state index contributed by atoms with van der Waals surface area (Å²) in [6.07, 6.45) is 1.80. The van der Waals surface area contributed by atoms with Crippen molar-refractivity contribution in [2.45, 2.75) is 12.8 Å². The first-order chi connectivity index (χ1) is 12.9. The molecule has 2 aromatic rings. The molecule has 2 aliphatic heterocycles. The van der Waals surface area contributed by atoms with Crippen molar-refractivity contribution in [3.05, 3.63) is 59.7 Å². The molecule has 0 unspecified atom stereocenters. The van der Waals surface area contributed by atoms with E-state index < -0.39 is 0 Å². The number of benzene rings is 2. The van der Waals surface area contributed by atoms with Crippen LogP contribution in [0.25, 0.3) is 0 Å². The van der Waals surface area contributed by atoms with Crippen LogP contribution in [0.5, 0.6) is 0 Å². The lowest BCUT2D eigenvalue weighted by molar-refractivity contribution is -0.874. The van der Waals surface area contributed by atoms with E-state index in [9.17, 15) is 9.59 Å². The number of fused-ring (bicyclic) bond motifs is 2. The smallest absolute Gasteiger partial charge is 0.282 e. The van der Waals surface area contributed by atoms with E-state index in [0.717, 1.165) is 37.3 Å². The lowest BCUT2D eigenvalue weighted by Crippen LogP contribution is -3.00. The number of amides is 2. The van der Waals surface area contributed by atoms with Crippen LogP contribution in [-0.4, -0.2) is 56.6 Å². The first-order valence-corrected chi connectivity index (χ1v) is 9.53. The Morgan fingerprint density at radius 2 is 1.18 bits per heavy atom. The second-order valence-corrected chi connectivity index (χ2v) is 8.10. The number of para-hydroxylation sites is 2. The number of quaternary nitrogens is 1. The minimum atomic E-state index is 0. The molecule has 0 N–H and O–H groups in total. The Balaban J connectivity index is 0.00000225. The monoisotopic (exact) mass is 399 g/mol. The summed E-state index contributed by atoms with van der Waals surface area (Å²) < 4.78 is 0.356. The normalized spacial score (nSPS) is 15.1. The molecule has 0 bridgehead atoms. The van der Waals surface area contributed by atoms with Gasteiger partial charge in [0.15, 0.2) is 13.1 Å². The van der Waals surface area contributed by atoms with Crippen molar-refractivity contribution in [2.75, 3.05) is 50.1 Å². The summed E-state index contributed by atoms with van der Waals surface area (Å²) in [5.41, 5.74) is 4.48. The van der Waals surface area contributed by atoms with Gasteiger partial charge < -0.3 is 26.7 Å². The van der Waals surface area contributed by atoms with E-state index in [-0.39, 0.29) is 24.2 Å². The number of rotatable bonds is 4. The van der Waals surface area contributed by atoms with Gasteiger partial charge in [-0.2, -0.15) is 0 Å². The zero-order valence-corrected chi connectivity index (χ0v) is 17.2. The molecule has 0 radical (unpaired) electrons. The maximum absolute atomic E-state index is 12.9. The molecule has 28 heavy (non-hydrogen) atoms. The quantitative estimate of drug-likeness (QED) is 0.634. The average molecular weight is 400 g/mol. The Labute approximate surface area is 172 Å². The van der Waals surface area contributed by atoms with Crippen LogP contribution in [0.15, 0.2) is 48.5 Å². The summed E-state index contributed by atoms with van der Waals surface area (Å²) in [4.78, 5) is 29.6. The first-order valence-electron chi connectivity index (χ1n) is 9.53. The number of carbonyl (C=O) groups excluding carboxylic acids is 2. The number of halogens is 1. The summed E-state index contributed by atoms with van der Waals surface area (Å²) >= 11 is 0. The lowest BCUT2D eigenvalue weighted by atomic mass is 10.2. The summed E-state index contributed by atoms with van der Waals surface area (Å²) in [5.74, 6) is 0.166. The van der Waals surface area contributed by atoms with Gasteiger partial charge in [-0.1, -0.05) is 36.4 Å². The number of carbonyl (C=O) groups is 2. The van der Waals surface area contributed by atoms with E-state index >= 15 is 0 Å². The molecular formula is C22H26ClN3O2. The molecular weight excluding hydrogens is 374 g/mol. The van der Waals surface area contributed by atoms with Crippen molar-refractivity contribution in [3.8, 4) is 0 Å². The molecule has 4 rings (SSSR count). The maximum Gasteiger partial charge on any atom is 0.282 e. The number of anilines is 2. The molecule has 0 aromatic heterocycles. The largest absolute Gasteiger partial charge is 1.00 e. The van der Waals surface area contributed by atoms with Gasteiger partial charge >= 0.3 is 0 Å². The topological polar surface area (TPSA) is 40.6 Å². The molecule has 5 nitrogen and oxygen atoms in total. The molecule has 2 heterocycles. The van der Waals surface area contributed by atoms with E-state index in [1.54, 1.807) is 0 Å². The van der Waals surface area contributed by atoms with Crippen LogP contribution < -0.4 is 22.2 Å². The van der Waals surface area contributed by atoms with Gasteiger partial charge in [0.05, 0.1) is 14.1 Å². The summed E-state index contributed by atoms with van der Waals surface area (Å²) in [6, 6.07) is 16.1. The van der Waals surface area contributed by atoms with Gasteiger partial charge in [0.25, 0.3) is 11.8 Å². The number of likely N-dealkylation sites (N-methyl/N-ethyl adjacent to an activating group) is 1. The Kier molecular flexibility index (Phi) is 5.77. The second-order valence-electron chi connectivity index (χ2n) is 8.10. The fraction of sp³-hybridized carbons (Fsp3) is 0.364. The first kappa shape index (κ1) is 20.4. The number of nitrogens with zero attached hydrogens (tertiary/aromatic N) is 3. The fourth-order valence-electron chi connectivity index (χ4n) is 4.15. The zero-order chi connectivity index (χ0) is 19.0. The summed E-state index contributed by atoms with van der Waals surface area (Å²) in [7, 11) is 3.92. The molecule has 2 aromatic carbocycles. The summed E-state index contributed by atoms with van der Waals surface area (Å²) in [6.45, 7) is 2.09. The van der Waals surface area contributed by atoms with Gasteiger partial charge in [-0.25, -0.2) is 0 Å². The van der Waals surface area contributed by atoms with Gasteiger partial charge in [0, 0.05) is 24.5 Å². The van der Waals surface area contributed by atoms with Gasteiger partial charge in [-0.3, -0.25) is 9.59 Å². The predicted molar refractivity (Wildman–Crippen MR) is 107 cm³/mol. The maximum atomic E-state index is 12.9. The van der Waals surface area contributed by atoms with E-state index in [1.165, 1.54) is 11.1 Å². The highest BCUT2D eigenvalue weighted by Crippen LogP contribution is 2.29. The molecule has 0 aliphatic carbocycles. The molecule has 0 saturated heterocycles. The average Bonchev–Trinajstić information content (AvgIpc) is 3.25. The van der Waals surface area contributed by atoms with E-state index in [4.69, 9.17) is 0 Å². The Hall–Kier alpha value is -2.37. The van der Waals surface area contributed by atoms with Gasteiger partial charge in [0.2, 0.25) is 0 Å². The summed E-state index contributed by atoms with van der Waals surface area (Å²) in [5, 5.41) is 0. The van der Waals surface area contributed by atoms with Gasteiger partial charge in [0.1, 0.15) is 0 Å². The van der Waals surface area contributed by atoms with Gasteiger partial charge in [-0.05, 0) is 36.1 Å². The van der Waals surface area contributed by atoms with Crippen molar-refractivity contribution in [3.63, 3.8) is 0 Å². The standard InChI is InChI=1S/C22H26N3O2.ClH/c1-25(2,15-21(26)23-13-11-17-7-3-5-9-19(17)23)16-22(27)24-14-12-18-8-4-6-10-20(18)24;/h3-10H,11-16H2,1-2H3;1H/q+1;/p-1. The Morgan fingerprint density at radius 3 is 1.61 bits per heavy atom. The molecule has 6 heteroatoms. The molecule has 0 spiro atoms. The van der Waals surface area contributed by atoms with Crippen LogP contribution in [0, 0.1) is 0 Å². The van der Waals surface area contributed by atoms with Crippen molar-refractivity contribution in [2.24, 2.45) is 0 Å². The predicted octanol–water partition coefficient (Wildman–Crippen LogP) is -0.755. The zero-order valence-electron chi connectivity index (χ0n) is 16.4. The van der Waals surface area contributed by atoms with Crippen LogP contribution in [0.2, 0.25) is 0 Å². The Morgan fingerprint density at radius 1 is 0.786 bits per heavy atom. The van der Waals surface area contributed by atoms with E-state index in [1.807, 2.05) is 60.3 Å². The lowest BCUT2D eigenvalue weighted by Gasteiger charge is -2.32. The highest BCUT2D eigenvalue weighted by atomic mass is 35.5. The highest BCUT2D eigenvalue weighted by Gasteiger charge is 2.33. The third-order valence-corrected chi connectivity index (χ3v) is 5.50. The van der Waals surface area contributed by atoms with Crippen molar-refractivity contribution >= 4 is 23.2 Å². The van der Waals surface area contributed by atoms with E-state index in [2.05, 4.69) is 12.1 Å². The molecule has 2 amide bonds. The third kappa shape index (κ3) is 3.91. The molecule has 0 saturated carbocycles. The highest BCUT2D eigenvalue weighted by molar-refractivity contribution is 5.98.